The van der Waals surface area contributed by atoms with Gasteiger partial charge in [-0.15, -0.1) is 0 Å². The van der Waals surface area contributed by atoms with Crippen molar-refractivity contribution in [1.82, 2.24) is 4.90 Å². The largest absolute Gasteiger partial charge is 0.443 e. The first-order chi connectivity index (χ1) is 15.5. The van der Waals surface area contributed by atoms with Crippen LogP contribution in [-0.2, 0) is 24.8 Å². The highest BCUT2D eigenvalue weighted by Crippen LogP contribution is 2.41. The van der Waals surface area contributed by atoms with Gasteiger partial charge in [0, 0.05) is 11.3 Å². The van der Waals surface area contributed by atoms with Crippen LogP contribution in [0.1, 0.15) is 67.9 Å². The standard InChI is InChI=1S/C23H33ClFN3O6S/c1-20(2,3)33-18(29)28(19(30)34-21(4,5)6)17-22(7,8)35(31,32)12-23(9,27-17)14-10-13(26)11-15(24)16(14)25/h10-11H,12,26H2,1-9H3/t23-/m0/s1. The van der Waals surface area contributed by atoms with E-state index >= 15 is 4.39 Å². The Balaban J connectivity index is 2.88. The van der Waals surface area contributed by atoms with Gasteiger partial charge in [0.1, 0.15) is 33.1 Å². The average Bonchev–Trinajstić information content (AvgIpc) is 2.59. The van der Waals surface area contributed by atoms with Crippen molar-refractivity contribution in [3.63, 3.8) is 0 Å². The third-order valence-corrected chi connectivity index (χ3v) is 8.09. The number of anilines is 1. The normalized spacial score (nSPS) is 21.6. The average molecular weight is 534 g/mol. The van der Waals surface area contributed by atoms with Gasteiger partial charge in [0.05, 0.1) is 10.8 Å². The maximum Gasteiger partial charge on any atom is 0.425 e. The van der Waals surface area contributed by atoms with E-state index in [1.54, 1.807) is 41.5 Å². The number of ether oxygens (including phenoxy) is 2. The molecule has 2 amide bonds. The van der Waals surface area contributed by atoms with Crippen LogP contribution in [0.3, 0.4) is 0 Å². The lowest BCUT2D eigenvalue weighted by molar-refractivity contribution is 0.0139. The predicted octanol–water partition coefficient (Wildman–Crippen LogP) is 5.05. The zero-order chi connectivity index (χ0) is 27.4. The van der Waals surface area contributed by atoms with Crippen molar-refractivity contribution < 1.29 is 31.9 Å². The molecule has 1 aromatic rings. The number of nitrogen functional groups attached to an aromatic ring is 1. The fourth-order valence-electron chi connectivity index (χ4n) is 3.41. The van der Waals surface area contributed by atoms with Crippen LogP contribution in [0, 0.1) is 5.82 Å². The van der Waals surface area contributed by atoms with Crippen LogP contribution in [0.4, 0.5) is 19.7 Å². The number of halogens is 2. The summed E-state index contributed by atoms with van der Waals surface area (Å²) in [4.78, 5) is 31.4. The number of amidine groups is 1. The molecule has 1 aliphatic rings. The molecule has 0 unspecified atom stereocenters. The minimum absolute atomic E-state index is 0.0859. The quantitative estimate of drug-likeness (QED) is 0.500. The van der Waals surface area contributed by atoms with Crippen LogP contribution in [-0.4, -0.2) is 53.0 Å². The summed E-state index contributed by atoms with van der Waals surface area (Å²) in [6, 6.07) is 2.41. The van der Waals surface area contributed by atoms with E-state index in [2.05, 4.69) is 4.99 Å². The highest BCUT2D eigenvalue weighted by atomic mass is 35.5. The van der Waals surface area contributed by atoms with Gasteiger partial charge in [0.15, 0.2) is 9.84 Å². The molecule has 2 rings (SSSR count). The number of carbonyl (C=O) groups is 2. The van der Waals surface area contributed by atoms with Crippen LogP contribution >= 0.6 is 11.6 Å². The summed E-state index contributed by atoms with van der Waals surface area (Å²) in [5.41, 5.74) is 1.87. The van der Waals surface area contributed by atoms with E-state index in [0.29, 0.717) is 4.90 Å². The molecule has 12 heteroatoms. The van der Waals surface area contributed by atoms with Crippen LogP contribution in [0.15, 0.2) is 17.1 Å². The number of amides is 2. The van der Waals surface area contributed by atoms with Crippen molar-refractivity contribution in [3.05, 3.63) is 28.5 Å². The van der Waals surface area contributed by atoms with Gasteiger partial charge < -0.3 is 15.2 Å². The number of hydrogen-bond acceptors (Lipinski definition) is 8. The minimum Gasteiger partial charge on any atom is -0.443 e. The third kappa shape index (κ3) is 6.06. The van der Waals surface area contributed by atoms with Crippen molar-refractivity contribution in [2.24, 2.45) is 4.99 Å². The summed E-state index contributed by atoms with van der Waals surface area (Å²) in [5, 5.41) is -0.323. The van der Waals surface area contributed by atoms with Gasteiger partial charge in [-0.2, -0.15) is 4.90 Å². The number of carbonyl (C=O) groups excluding carboxylic acids is 2. The Morgan fingerprint density at radius 3 is 1.94 bits per heavy atom. The molecule has 0 saturated heterocycles. The van der Waals surface area contributed by atoms with Gasteiger partial charge in [0.2, 0.25) is 0 Å². The molecule has 0 bridgehead atoms. The second-order valence-electron chi connectivity index (χ2n) is 11.1. The third-order valence-electron chi connectivity index (χ3n) is 5.13. The number of benzene rings is 1. The molecule has 1 heterocycles. The highest BCUT2D eigenvalue weighted by Gasteiger charge is 2.55. The van der Waals surface area contributed by atoms with E-state index in [4.69, 9.17) is 26.8 Å². The molecule has 0 fully saturated rings. The van der Waals surface area contributed by atoms with Gasteiger partial charge in [-0.25, -0.2) is 22.4 Å². The van der Waals surface area contributed by atoms with E-state index < -0.39 is 60.9 Å². The molecule has 0 spiro atoms. The number of hydrogen-bond donors (Lipinski definition) is 1. The Morgan fingerprint density at radius 2 is 1.51 bits per heavy atom. The van der Waals surface area contributed by atoms with Crippen molar-refractivity contribution in [1.29, 1.82) is 0 Å². The fraction of sp³-hybridized carbons (Fsp3) is 0.609. The zero-order valence-electron chi connectivity index (χ0n) is 21.4. The van der Waals surface area contributed by atoms with Crippen LogP contribution < -0.4 is 5.73 Å². The van der Waals surface area contributed by atoms with Crippen LogP contribution in [0.5, 0.6) is 0 Å². The molecule has 1 aromatic carbocycles. The molecule has 0 radical (unpaired) electrons. The zero-order valence-corrected chi connectivity index (χ0v) is 23.0. The Bertz CT molecular complexity index is 1160. The lowest BCUT2D eigenvalue weighted by Crippen LogP contribution is -2.61. The van der Waals surface area contributed by atoms with Gasteiger partial charge in [-0.3, -0.25) is 4.99 Å². The molecule has 1 atom stereocenters. The fourth-order valence-corrected chi connectivity index (χ4v) is 5.38. The van der Waals surface area contributed by atoms with Crippen molar-refractivity contribution >= 4 is 45.1 Å². The van der Waals surface area contributed by atoms with E-state index in [1.807, 2.05) is 0 Å². The molecule has 2 N–H and O–H groups in total. The molecule has 196 valence electrons. The molecular formula is C23H33ClFN3O6S. The number of imide groups is 1. The molecule has 0 aliphatic carbocycles. The molecule has 9 nitrogen and oxygen atoms in total. The molecular weight excluding hydrogens is 501 g/mol. The van der Waals surface area contributed by atoms with Gasteiger partial charge >= 0.3 is 12.2 Å². The highest BCUT2D eigenvalue weighted by molar-refractivity contribution is 7.93. The van der Waals surface area contributed by atoms with Gasteiger partial charge in [-0.05, 0) is 74.4 Å². The van der Waals surface area contributed by atoms with Crippen LogP contribution in [0.2, 0.25) is 5.02 Å². The summed E-state index contributed by atoms with van der Waals surface area (Å²) < 4.78 is 51.0. The Morgan fingerprint density at radius 1 is 1.06 bits per heavy atom. The summed E-state index contributed by atoms with van der Waals surface area (Å²) in [5.74, 6) is -2.03. The maximum absolute atomic E-state index is 15.1. The second-order valence-corrected chi connectivity index (χ2v) is 14.1. The van der Waals surface area contributed by atoms with Crippen LogP contribution in [0.25, 0.3) is 0 Å². The van der Waals surface area contributed by atoms with Gasteiger partial charge in [0.25, 0.3) is 0 Å². The van der Waals surface area contributed by atoms with E-state index in [-0.39, 0.29) is 16.3 Å². The SMILES string of the molecule is CC(C)(C)OC(=O)N(C(=O)OC(C)(C)C)C1=N[C@](C)(c2cc(N)cc(Cl)c2F)CS(=O)(=O)C1(C)C. The Kier molecular flexibility index (Phi) is 7.35. The van der Waals surface area contributed by atoms with Crippen molar-refractivity contribution in [2.75, 3.05) is 11.5 Å². The monoisotopic (exact) mass is 533 g/mol. The maximum atomic E-state index is 15.1. The van der Waals surface area contributed by atoms with E-state index in [0.717, 1.165) is 0 Å². The lowest BCUT2D eigenvalue weighted by atomic mass is 9.92. The van der Waals surface area contributed by atoms with Crippen molar-refractivity contribution in [3.8, 4) is 0 Å². The van der Waals surface area contributed by atoms with E-state index in [9.17, 15) is 18.0 Å². The number of sulfone groups is 1. The summed E-state index contributed by atoms with van der Waals surface area (Å²) >= 11 is 5.96. The molecule has 1 aliphatic heterocycles. The molecule has 0 saturated carbocycles. The Hall–Kier alpha value is -2.40. The number of nitrogens with zero attached hydrogens (tertiary/aromatic N) is 2. The van der Waals surface area contributed by atoms with E-state index in [1.165, 1.54) is 32.9 Å². The Labute approximate surface area is 210 Å². The van der Waals surface area contributed by atoms with Gasteiger partial charge in [-0.1, -0.05) is 11.6 Å². The summed E-state index contributed by atoms with van der Waals surface area (Å²) in [6.07, 6.45) is -2.38. The van der Waals surface area contributed by atoms with Crippen molar-refractivity contribution in [2.45, 2.75) is 83.8 Å². The topological polar surface area (TPSA) is 128 Å². The predicted molar refractivity (Wildman–Crippen MR) is 133 cm³/mol. The number of nitrogens with two attached hydrogens (primary N) is 1. The smallest absolute Gasteiger partial charge is 0.425 e. The molecule has 35 heavy (non-hydrogen) atoms. The first-order valence-corrected chi connectivity index (χ1v) is 12.9. The lowest BCUT2D eigenvalue weighted by Gasteiger charge is -2.42. The summed E-state index contributed by atoms with van der Waals surface area (Å²) in [6.45, 7) is 13.4. The second kappa shape index (κ2) is 8.92. The minimum atomic E-state index is -4.15. The summed E-state index contributed by atoms with van der Waals surface area (Å²) in [7, 11) is -4.15. The number of aliphatic imine (C=N–C) groups is 1. The number of rotatable bonds is 1. The first-order valence-electron chi connectivity index (χ1n) is 10.8. The molecule has 0 aromatic heterocycles. The first kappa shape index (κ1) is 28.8.